The van der Waals surface area contributed by atoms with Crippen molar-refractivity contribution < 1.29 is 9.13 Å². The molecular weight excluding hydrogens is 279 g/mol. The zero-order valence-corrected chi connectivity index (χ0v) is 13.2. The van der Waals surface area contributed by atoms with Gasteiger partial charge >= 0.3 is 6.48 Å². The molecule has 1 saturated heterocycles. The number of benzene rings is 1. The number of likely N-dealkylation sites (tertiary alicyclic amines) is 1. The first-order valence-electron chi connectivity index (χ1n) is 7.77. The monoisotopic (exact) mass is 300 g/mol. The van der Waals surface area contributed by atoms with Crippen molar-refractivity contribution in [2.24, 2.45) is 0 Å². The van der Waals surface area contributed by atoms with Crippen LogP contribution in [0.15, 0.2) is 42.0 Å². The minimum absolute atomic E-state index is 0.0282. The molecule has 1 fully saturated rings. The van der Waals surface area contributed by atoms with Crippen LogP contribution in [-0.4, -0.2) is 38.1 Å². The number of anilines is 1. The molecule has 4 rings (SSSR count). The molecule has 22 heavy (non-hydrogen) atoms. The molecule has 1 aromatic carbocycles. The van der Waals surface area contributed by atoms with Crippen molar-refractivity contribution in [2.75, 3.05) is 25.5 Å². The van der Waals surface area contributed by atoms with E-state index in [9.17, 15) is 4.39 Å². The average molecular weight is 300 g/mol. The minimum Gasteiger partial charge on any atom is -0.441 e. The molecule has 0 N–H and O–H groups in total. The Morgan fingerprint density at radius 2 is 2.14 bits per heavy atom. The molecule has 116 valence electrons. The molecule has 0 bridgehead atoms. The zero-order valence-electron chi connectivity index (χ0n) is 13.2. The number of hydrogen-bond acceptors (Lipinski definition) is 3. The zero-order chi connectivity index (χ0) is 15.5. The maximum atomic E-state index is 13.7. The molecule has 3 nitrogen and oxygen atoms in total. The molecule has 3 aliphatic rings. The van der Waals surface area contributed by atoms with Crippen molar-refractivity contribution in [1.82, 2.24) is 4.90 Å². The first kappa shape index (κ1) is 13.8. The van der Waals surface area contributed by atoms with Gasteiger partial charge in [0.1, 0.15) is 5.75 Å². The first-order valence-corrected chi connectivity index (χ1v) is 7.77. The number of rotatable bonds is 1. The molecule has 1 aromatic rings. The van der Waals surface area contributed by atoms with Crippen LogP contribution in [0.4, 0.5) is 10.1 Å². The van der Waals surface area contributed by atoms with E-state index in [1.807, 2.05) is 12.1 Å². The Bertz CT molecular complexity index is 684. The first-order chi connectivity index (χ1) is 10.5. The topological polar surface area (TPSA) is 15.7 Å². The highest BCUT2D eigenvalue weighted by Crippen LogP contribution is 2.47. The maximum Gasteiger partial charge on any atom is 0.321 e. The molecule has 0 saturated carbocycles. The third-order valence-corrected chi connectivity index (χ3v) is 5.35. The van der Waals surface area contributed by atoms with Crippen LogP contribution in [0, 0.1) is 0 Å². The molecule has 2 aliphatic heterocycles. The summed E-state index contributed by atoms with van der Waals surface area (Å²) in [5.74, 6) is 0.648. The van der Waals surface area contributed by atoms with E-state index in [0.29, 0.717) is 11.8 Å². The summed E-state index contributed by atoms with van der Waals surface area (Å²) in [5, 5.41) is 0. The van der Waals surface area contributed by atoms with Gasteiger partial charge in [-0.05, 0) is 44.6 Å². The van der Waals surface area contributed by atoms with E-state index in [-0.39, 0.29) is 5.41 Å². The van der Waals surface area contributed by atoms with Gasteiger partial charge in [0.15, 0.2) is 0 Å². The summed E-state index contributed by atoms with van der Waals surface area (Å²) < 4.78 is 19.1. The third-order valence-electron chi connectivity index (χ3n) is 5.35. The van der Waals surface area contributed by atoms with Crippen LogP contribution in [0.3, 0.4) is 0 Å². The maximum absolute atomic E-state index is 13.7. The number of nitrogens with zero attached hydrogens (tertiary/aromatic N) is 2. The summed E-state index contributed by atoms with van der Waals surface area (Å²) in [5.41, 5.74) is 3.31. The smallest absolute Gasteiger partial charge is 0.321 e. The van der Waals surface area contributed by atoms with E-state index < -0.39 is 6.48 Å². The lowest BCUT2D eigenvalue weighted by atomic mass is 9.71. The van der Waals surface area contributed by atoms with Crippen molar-refractivity contribution in [3.05, 3.63) is 47.6 Å². The summed E-state index contributed by atoms with van der Waals surface area (Å²) in [6.07, 6.45) is 7.94. The predicted octanol–water partition coefficient (Wildman–Crippen LogP) is 3.23. The Kier molecular flexibility index (Phi) is 2.89. The van der Waals surface area contributed by atoms with E-state index in [1.54, 1.807) is 7.05 Å². The highest BCUT2D eigenvalue weighted by Gasteiger charge is 2.46. The Morgan fingerprint density at radius 3 is 2.95 bits per heavy atom. The standard InChI is InChI=1S/C18H21FN2O/c1-12-6-7-18(8-9-20(2)16(18)10-12)13-4-5-14-15(11-13)22-17(19)21(14)3/h4-7,10-11,16-17H,8-9H2,1-3H3/t16-,17?,18-/m0/s1. The molecular formula is C18H21FN2O. The van der Waals surface area contributed by atoms with Crippen LogP contribution >= 0.6 is 0 Å². The fourth-order valence-corrected chi connectivity index (χ4v) is 3.98. The van der Waals surface area contributed by atoms with Crippen LogP contribution in [-0.2, 0) is 5.41 Å². The largest absolute Gasteiger partial charge is 0.441 e. The fourth-order valence-electron chi connectivity index (χ4n) is 3.98. The fraction of sp³-hybridized carbons (Fsp3) is 0.444. The van der Waals surface area contributed by atoms with Crippen molar-refractivity contribution in [3.63, 3.8) is 0 Å². The van der Waals surface area contributed by atoms with Gasteiger partial charge < -0.3 is 9.64 Å². The number of allylic oxidation sites excluding steroid dienone is 2. The summed E-state index contributed by atoms with van der Waals surface area (Å²) in [6, 6.07) is 6.49. The molecule has 0 radical (unpaired) electrons. The third kappa shape index (κ3) is 1.76. The van der Waals surface area contributed by atoms with Crippen LogP contribution in [0.2, 0.25) is 0 Å². The summed E-state index contributed by atoms with van der Waals surface area (Å²) in [4.78, 5) is 3.92. The van der Waals surface area contributed by atoms with Gasteiger partial charge in [0.05, 0.1) is 5.69 Å². The van der Waals surface area contributed by atoms with Crippen molar-refractivity contribution in [2.45, 2.75) is 31.3 Å². The highest BCUT2D eigenvalue weighted by atomic mass is 19.1. The van der Waals surface area contributed by atoms with Gasteiger partial charge in [0.2, 0.25) is 0 Å². The second kappa shape index (κ2) is 4.59. The van der Waals surface area contributed by atoms with Gasteiger partial charge in [-0.1, -0.05) is 29.9 Å². The van der Waals surface area contributed by atoms with Gasteiger partial charge in [-0.25, -0.2) is 0 Å². The second-order valence-electron chi connectivity index (χ2n) is 6.66. The SMILES string of the molecule is CC1=C[C@@H]2N(C)CC[C@]2(c2ccc3c(c2)OC(F)N3C)C=C1. The number of alkyl halides is 1. The van der Waals surface area contributed by atoms with Crippen LogP contribution in [0.1, 0.15) is 18.9 Å². The summed E-state index contributed by atoms with van der Waals surface area (Å²) >= 11 is 0. The molecule has 1 aliphatic carbocycles. The number of likely N-dealkylation sites (N-methyl/N-ethyl adjacent to an activating group) is 1. The second-order valence-corrected chi connectivity index (χ2v) is 6.66. The van der Waals surface area contributed by atoms with E-state index in [2.05, 4.69) is 43.2 Å². The van der Waals surface area contributed by atoms with Crippen LogP contribution < -0.4 is 9.64 Å². The number of halogens is 1. The van der Waals surface area contributed by atoms with E-state index in [1.165, 1.54) is 16.0 Å². The molecule has 4 heteroatoms. The van der Waals surface area contributed by atoms with Gasteiger partial charge in [-0.3, -0.25) is 4.90 Å². The molecule has 0 spiro atoms. The number of hydrogen-bond donors (Lipinski definition) is 0. The van der Waals surface area contributed by atoms with Gasteiger partial charge in [0, 0.05) is 18.5 Å². The van der Waals surface area contributed by atoms with E-state index in [0.717, 1.165) is 18.7 Å². The van der Waals surface area contributed by atoms with E-state index >= 15 is 0 Å². The number of fused-ring (bicyclic) bond motifs is 2. The highest BCUT2D eigenvalue weighted by molar-refractivity contribution is 5.64. The van der Waals surface area contributed by atoms with Gasteiger partial charge in [-0.15, -0.1) is 0 Å². The van der Waals surface area contributed by atoms with Crippen LogP contribution in [0.5, 0.6) is 5.75 Å². The lowest BCUT2D eigenvalue weighted by molar-refractivity contribution is 0.0890. The molecule has 2 heterocycles. The van der Waals surface area contributed by atoms with Crippen molar-refractivity contribution >= 4 is 5.69 Å². The van der Waals surface area contributed by atoms with Crippen LogP contribution in [0.25, 0.3) is 0 Å². The minimum atomic E-state index is -1.38. The Labute approximate surface area is 130 Å². The molecule has 0 amide bonds. The van der Waals surface area contributed by atoms with Crippen molar-refractivity contribution in [3.8, 4) is 5.75 Å². The van der Waals surface area contributed by atoms with E-state index in [4.69, 9.17) is 4.74 Å². The number of ether oxygens (including phenoxy) is 1. The Balaban J connectivity index is 1.79. The molecule has 3 atom stereocenters. The quantitative estimate of drug-likeness (QED) is 0.741. The van der Waals surface area contributed by atoms with Gasteiger partial charge in [0.25, 0.3) is 0 Å². The van der Waals surface area contributed by atoms with Gasteiger partial charge in [-0.2, -0.15) is 4.39 Å². The Morgan fingerprint density at radius 1 is 1.32 bits per heavy atom. The van der Waals surface area contributed by atoms with Crippen molar-refractivity contribution in [1.29, 1.82) is 0 Å². The molecule has 0 aromatic heterocycles. The lowest BCUT2D eigenvalue weighted by Gasteiger charge is -2.36. The average Bonchev–Trinajstić information content (AvgIpc) is 2.98. The Hall–Kier alpha value is -1.81. The molecule has 1 unspecified atom stereocenters. The lowest BCUT2D eigenvalue weighted by Crippen LogP contribution is -2.39. The summed E-state index contributed by atoms with van der Waals surface area (Å²) in [7, 11) is 3.89. The summed E-state index contributed by atoms with van der Waals surface area (Å²) in [6.45, 7) is 1.82. The normalized spacial score (nSPS) is 33.5. The predicted molar refractivity (Wildman–Crippen MR) is 86.0 cm³/mol.